The van der Waals surface area contributed by atoms with Gasteiger partial charge in [0.15, 0.2) is 0 Å². The van der Waals surface area contributed by atoms with Crippen LogP contribution in [0.3, 0.4) is 0 Å². The van der Waals surface area contributed by atoms with Crippen molar-refractivity contribution in [3.05, 3.63) is 107 Å². The second-order valence-corrected chi connectivity index (χ2v) is 13.1. The van der Waals surface area contributed by atoms with Gasteiger partial charge in [-0.05, 0) is 62.6 Å². The van der Waals surface area contributed by atoms with Crippen LogP contribution in [0.15, 0.2) is 72.8 Å². The molecule has 12 bridgehead atoms. The Labute approximate surface area is 273 Å². The van der Waals surface area contributed by atoms with E-state index < -0.39 is 0 Å². The summed E-state index contributed by atoms with van der Waals surface area (Å²) in [5.74, 6) is 2.01. The van der Waals surface area contributed by atoms with E-state index in [9.17, 15) is 0 Å². The third kappa shape index (κ3) is 7.87. The lowest BCUT2D eigenvalue weighted by Gasteiger charge is -2.32. The second kappa shape index (κ2) is 14.2. The van der Waals surface area contributed by atoms with Crippen LogP contribution in [0.5, 0.6) is 0 Å². The Morgan fingerprint density at radius 3 is 1.70 bits per heavy atom. The summed E-state index contributed by atoms with van der Waals surface area (Å²) in [6.07, 6.45) is 0.862. The molecule has 7 rings (SSSR count). The molecule has 2 atom stereocenters. The molecule has 240 valence electrons. The van der Waals surface area contributed by atoms with Crippen LogP contribution < -0.4 is 15.1 Å². The van der Waals surface area contributed by atoms with Crippen LogP contribution in [0.1, 0.15) is 34.2 Å². The molecule has 0 amide bonds. The Morgan fingerprint density at radius 1 is 0.522 bits per heavy atom. The topological polar surface area (TPSA) is 79.8 Å². The molecule has 4 aromatic heterocycles. The highest BCUT2D eigenvalue weighted by Gasteiger charge is 2.21. The average Bonchev–Trinajstić information content (AvgIpc) is 3.06. The number of hydrogen-bond donors (Lipinski definition) is 1. The van der Waals surface area contributed by atoms with E-state index in [0.717, 1.165) is 131 Å². The molecule has 0 aromatic carbocycles. The summed E-state index contributed by atoms with van der Waals surface area (Å²) in [6, 6.07) is 26.1. The van der Waals surface area contributed by atoms with E-state index in [1.54, 1.807) is 0 Å². The maximum absolute atomic E-state index is 5.23. The number of hydrogen-bond acceptors (Lipinski definition) is 10. The van der Waals surface area contributed by atoms with Crippen LogP contribution in [-0.4, -0.2) is 101 Å². The molecule has 0 saturated carbocycles. The van der Waals surface area contributed by atoms with Gasteiger partial charge in [0.2, 0.25) is 0 Å². The summed E-state index contributed by atoms with van der Waals surface area (Å²) < 4.78 is 0. The second-order valence-electron chi connectivity index (χ2n) is 13.1. The van der Waals surface area contributed by atoms with Gasteiger partial charge in [0.25, 0.3) is 0 Å². The molecule has 10 nitrogen and oxygen atoms in total. The Morgan fingerprint density at radius 2 is 1.02 bits per heavy atom. The van der Waals surface area contributed by atoms with Crippen LogP contribution in [0.4, 0.5) is 11.6 Å². The number of pyridine rings is 4. The predicted molar refractivity (Wildman–Crippen MR) is 182 cm³/mol. The summed E-state index contributed by atoms with van der Waals surface area (Å²) in [5.41, 5.74) is 6.62. The molecule has 3 aliphatic heterocycles. The highest BCUT2D eigenvalue weighted by atomic mass is 15.3. The summed E-state index contributed by atoms with van der Waals surface area (Å²) in [6.45, 7) is 10.1. The monoisotopic (exact) mass is 618 g/mol. The number of anilines is 2. The van der Waals surface area contributed by atoms with Gasteiger partial charge in [0.1, 0.15) is 11.6 Å². The molecule has 0 radical (unpaired) electrons. The fourth-order valence-electron chi connectivity index (χ4n) is 6.71. The van der Waals surface area contributed by atoms with Crippen molar-refractivity contribution in [1.82, 2.24) is 40.0 Å². The summed E-state index contributed by atoms with van der Waals surface area (Å²) >= 11 is 0. The maximum atomic E-state index is 5.23. The summed E-state index contributed by atoms with van der Waals surface area (Å²) in [7, 11) is 4.45. The van der Waals surface area contributed by atoms with E-state index in [0.29, 0.717) is 0 Å². The smallest absolute Gasteiger partial charge is 0.131 e. The molecule has 46 heavy (non-hydrogen) atoms. The lowest BCUT2D eigenvalue weighted by Crippen LogP contribution is -2.43. The number of rotatable bonds is 0. The SMILES string of the molecule is CN1CCN2Cc3cccc(n3)CNC(Cc3cccc(n3)C2)CN(C)CCN2Cc3cccc(n3)CN(CC1)c1cccc2n1. The van der Waals surface area contributed by atoms with Gasteiger partial charge in [-0.25, -0.2) is 4.98 Å². The van der Waals surface area contributed by atoms with Crippen LogP contribution in [0.2, 0.25) is 0 Å². The van der Waals surface area contributed by atoms with Crippen molar-refractivity contribution >= 4 is 11.6 Å². The lowest BCUT2D eigenvalue weighted by molar-refractivity contribution is 0.209. The molecular weight excluding hydrogens is 572 g/mol. The van der Waals surface area contributed by atoms with Gasteiger partial charge in [-0.15, -0.1) is 0 Å². The Kier molecular flexibility index (Phi) is 9.48. The quantitative estimate of drug-likeness (QED) is 0.318. The van der Waals surface area contributed by atoms with Crippen molar-refractivity contribution in [2.24, 2.45) is 0 Å². The van der Waals surface area contributed by atoms with Gasteiger partial charge in [-0.3, -0.25) is 19.9 Å². The first-order chi connectivity index (χ1) is 22.5. The molecule has 10 heteroatoms. The molecule has 0 saturated heterocycles. The standard InChI is InChI=1S/C36H46N10/c1-42-15-18-44-24-30-9-3-7-28(38-30)21-34(37-22-29-8-4-10-31(25-44)39-29)23-43(2)17-20-46-27-33-12-5-11-32(40-33)26-45(19-16-42)35-13-6-14-36(46)41-35/h3-14,34,37H,15-27H2,1-2H3. The van der Waals surface area contributed by atoms with Crippen LogP contribution in [0.25, 0.3) is 0 Å². The third-order valence-electron chi connectivity index (χ3n) is 9.30. The van der Waals surface area contributed by atoms with Crippen molar-refractivity contribution in [2.75, 3.05) is 69.7 Å². The zero-order valence-electron chi connectivity index (χ0n) is 27.2. The predicted octanol–water partition coefficient (Wildman–Crippen LogP) is 3.19. The number of likely N-dealkylation sites (N-methyl/N-ethyl adjacent to an activating group) is 2. The van der Waals surface area contributed by atoms with Gasteiger partial charge in [-0.1, -0.05) is 24.3 Å². The van der Waals surface area contributed by atoms with Gasteiger partial charge < -0.3 is 24.9 Å². The van der Waals surface area contributed by atoms with Crippen molar-refractivity contribution in [3.63, 3.8) is 0 Å². The first-order valence-electron chi connectivity index (χ1n) is 16.7. The van der Waals surface area contributed by atoms with Crippen LogP contribution in [0, 0.1) is 0 Å². The normalized spacial score (nSPS) is 22.0. The minimum Gasteiger partial charge on any atom is -0.349 e. The Balaban J connectivity index is 1.24. The zero-order valence-corrected chi connectivity index (χ0v) is 27.2. The molecule has 0 aliphatic carbocycles. The van der Waals surface area contributed by atoms with E-state index >= 15 is 0 Å². The number of aromatic nitrogens is 4. The fraction of sp³-hybridized carbons (Fsp3) is 0.444. The molecule has 1 N–H and O–H groups in total. The number of fused-ring (bicyclic) bond motifs is 6. The van der Waals surface area contributed by atoms with Crippen molar-refractivity contribution < 1.29 is 0 Å². The van der Waals surface area contributed by atoms with Gasteiger partial charge in [-0.2, -0.15) is 0 Å². The van der Waals surface area contributed by atoms with Gasteiger partial charge in [0, 0.05) is 83.6 Å². The highest BCUT2D eigenvalue weighted by molar-refractivity contribution is 5.50. The largest absolute Gasteiger partial charge is 0.349 e. The molecule has 4 aromatic rings. The van der Waals surface area contributed by atoms with Crippen molar-refractivity contribution in [1.29, 1.82) is 0 Å². The van der Waals surface area contributed by atoms with Crippen molar-refractivity contribution in [3.8, 4) is 0 Å². The van der Waals surface area contributed by atoms with Gasteiger partial charge >= 0.3 is 0 Å². The van der Waals surface area contributed by atoms with E-state index in [-0.39, 0.29) is 6.04 Å². The Hall–Kier alpha value is -3.96. The van der Waals surface area contributed by atoms with E-state index in [4.69, 9.17) is 19.9 Å². The maximum Gasteiger partial charge on any atom is 0.131 e. The molecule has 0 spiro atoms. The first kappa shape index (κ1) is 30.7. The molecule has 7 heterocycles. The van der Waals surface area contributed by atoms with Crippen LogP contribution >= 0.6 is 0 Å². The Bertz CT molecular complexity index is 1610. The van der Waals surface area contributed by atoms with Gasteiger partial charge in [0.05, 0.1) is 41.6 Å². The van der Waals surface area contributed by atoms with E-state index in [2.05, 4.69) is 117 Å². The zero-order chi connectivity index (χ0) is 31.3. The highest BCUT2D eigenvalue weighted by Crippen LogP contribution is 2.23. The first-order valence-corrected chi connectivity index (χ1v) is 16.7. The third-order valence-corrected chi connectivity index (χ3v) is 9.30. The molecule has 3 aliphatic rings. The minimum atomic E-state index is 0.227. The van der Waals surface area contributed by atoms with E-state index in [1.807, 2.05) is 0 Å². The fourth-order valence-corrected chi connectivity index (χ4v) is 6.71. The minimum absolute atomic E-state index is 0.227. The summed E-state index contributed by atoms with van der Waals surface area (Å²) in [4.78, 5) is 32.7. The number of nitrogens with one attached hydrogen (secondary N) is 1. The summed E-state index contributed by atoms with van der Waals surface area (Å²) in [5, 5.41) is 3.84. The average molecular weight is 619 g/mol. The molecular formula is C36H46N10. The van der Waals surface area contributed by atoms with Crippen molar-refractivity contribution in [2.45, 2.75) is 45.2 Å². The molecule has 0 fully saturated rings. The number of nitrogens with zero attached hydrogens (tertiary/aromatic N) is 9. The molecule has 2 unspecified atom stereocenters. The van der Waals surface area contributed by atoms with E-state index in [1.165, 1.54) is 0 Å². The van der Waals surface area contributed by atoms with Crippen LogP contribution in [-0.2, 0) is 39.1 Å². The lowest BCUT2D eigenvalue weighted by atomic mass is 10.1.